The van der Waals surface area contributed by atoms with Crippen LogP contribution in [-0.4, -0.2) is 21.2 Å². The minimum Gasteiger partial charge on any atom is -0.387 e. The molecule has 1 fully saturated rings. The highest BCUT2D eigenvalue weighted by Gasteiger charge is 2.62. The van der Waals surface area contributed by atoms with Gasteiger partial charge in [0, 0.05) is 28.4 Å². The highest BCUT2D eigenvalue weighted by molar-refractivity contribution is 6.36. The number of anilines is 1. The van der Waals surface area contributed by atoms with Gasteiger partial charge < -0.3 is 10.4 Å². The number of aliphatic hydroxyl groups is 1. The molecule has 2 aromatic rings. The second-order valence-electron chi connectivity index (χ2n) is 8.02. The molecule has 0 bridgehead atoms. The number of rotatable bonds is 1. The zero-order chi connectivity index (χ0) is 18.0. The maximum Gasteiger partial charge on any atom is 0.136 e. The van der Waals surface area contributed by atoms with E-state index in [0.29, 0.717) is 10.2 Å². The summed E-state index contributed by atoms with van der Waals surface area (Å²) < 4.78 is 0. The molecular weight excluding hydrogens is 355 g/mol. The summed E-state index contributed by atoms with van der Waals surface area (Å²) >= 11 is 12.9. The Hall–Kier alpha value is -1.29. The molecular formula is C20H22Cl2N2O. The van der Waals surface area contributed by atoms with Gasteiger partial charge in [0.25, 0.3) is 0 Å². The van der Waals surface area contributed by atoms with Crippen LogP contribution in [0.5, 0.6) is 0 Å². The van der Waals surface area contributed by atoms with Gasteiger partial charge in [-0.25, -0.2) is 4.98 Å². The number of pyridine rings is 1. The molecule has 2 heterocycles. The highest BCUT2D eigenvalue weighted by atomic mass is 35.5. The molecule has 2 N–H and O–H groups in total. The van der Waals surface area contributed by atoms with Gasteiger partial charge in [0.05, 0.1) is 16.2 Å². The average molecular weight is 377 g/mol. The van der Waals surface area contributed by atoms with Gasteiger partial charge in [-0.1, -0.05) is 30.1 Å². The molecule has 3 nitrogen and oxygen atoms in total. The Balaban J connectivity index is 1.97. The van der Waals surface area contributed by atoms with Crippen molar-refractivity contribution >= 4 is 28.9 Å². The molecule has 1 aliphatic carbocycles. The summed E-state index contributed by atoms with van der Waals surface area (Å²) in [6, 6.07) is 7.82. The lowest BCUT2D eigenvalue weighted by molar-refractivity contribution is -0.0628. The number of hydrogen-bond donors (Lipinski definition) is 2. The van der Waals surface area contributed by atoms with Crippen LogP contribution in [0.2, 0.25) is 10.2 Å². The largest absolute Gasteiger partial charge is 0.387 e. The average Bonchev–Trinajstić information content (AvgIpc) is 2.86. The van der Waals surface area contributed by atoms with Gasteiger partial charge in [-0.3, -0.25) is 0 Å². The number of aromatic nitrogens is 1. The predicted octanol–water partition coefficient (Wildman–Crippen LogP) is 5.43. The van der Waals surface area contributed by atoms with Crippen molar-refractivity contribution < 1.29 is 5.11 Å². The van der Waals surface area contributed by atoms with Crippen molar-refractivity contribution in [3.63, 3.8) is 0 Å². The molecule has 1 aromatic heterocycles. The van der Waals surface area contributed by atoms with E-state index in [-0.39, 0.29) is 5.41 Å². The standard InChI is InChI=1S/C20H22Cl2N2O/c1-18(2)20(25)8-5-7-19(20,3)14-10-13(15(21)11-16(14)24-18)12-6-4-9-23-17(12)22/h4,6,9-11,24-25H,5,7-8H2,1-3H3. The first kappa shape index (κ1) is 17.1. The summed E-state index contributed by atoms with van der Waals surface area (Å²) in [5.74, 6) is 0. The maximum atomic E-state index is 11.6. The number of hydrogen-bond acceptors (Lipinski definition) is 3. The number of nitrogens with one attached hydrogen (secondary N) is 1. The van der Waals surface area contributed by atoms with E-state index in [1.807, 2.05) is 18.2 Å². The molecule has 0 saturated heterocycles. The molecule has 2 unspecified atom stereocenters. The minimum absolute atomic E-state index is 0.328. The predicted molar refractivity (Wildman–Crippen MR) is 104 cm³/mol. The van der Waals surface area contributed by atoms with Gasteiger partial charge >= 0.3 is 0 Å². The van der Waals surface area contributed by atoms with Gasteiger partial charge in [-0.2, -0.15) is 0 Å². The van der Waals surface area contributed by atoms with Crippen molar-refractivity contribution in [3.05, 3.63) is 46.2 Å². The van der Waals surface area contributed by atoms with Gasteiger partial charge in [-0.05, 0) is 62.9 Å². The first-order valence-corrected chi connectivity index (χ1v) is 9.41. The molecule has 132 valence electrons. The fourth-order valence-electron chi connectivity index (χ4n) is 4.91. The van der Waals surface area contributed by atoms with E-state index in [1.165, 1.54) is 0 Å². The molecule has 5 heteroatoms. The van der Waals surface area contributed by atoms with E-state index < -0.39 is 11.1 Å². The Morgan fingerprint density at radius 3 is 2.60 bits per heavy atom. The van der Waals surface area contributed by atoms with E-state index >= 15 is 0 Å². The molecule has 2 aliphatic rings. The second-order valence-corrected chi connectivity index (χ2v) is 8.78. The van der Waals surface area contributed by atoms with Crippen molar-refractivity contribution in [2.24, 2.45) is 0 Å². The fourth-order valence-corrected chi connectivity index (χ4v) is 5.39. The molecule has 0 radical (unpaired) electrons. The molecule has 1 aromatic carbocycles. The lowest BCUT2D eigenvalue weighted by Gasteiger charge is -2.55. The van der Waals surface area contributed by atoms with Crippen LogP contribution in [0.4, 0.5) is 5.69 Å². The fraction of sp³-hybridized carbons (Fsp3) is 0.450. The van der Waals surface area contributed by atoms with Crippen LogP contribution in [0.25, 0.3) is 11.1 Å². The minimum atomic E-state index is -0.809. The number of benzene rings is 1. The number of halogens is 2. The van der Waals surface area contributed by atoms with Crippen LogP contribution in [0.1, 0.15) is 45.6 Å². The van der Waals surface area contributed by atoms with Gasteiger partial charge in [0.2, 0.25) is 0 Å². The van der Waals surface area contributed by atoms with Crippen LogP contribution in [0, 0.1) is 0 Å². The monoisotopic (exact) mass is 376 g/mol. The van der Waals surface area contributed by atoms with Crippen LogP contribution in [0.15, 0.2) is 30.5 Å². The Kier molecular flexibility index (Phi) is 3.67. The molecule has 1 saturated carbocycles. The van der Waals surface area contributed by atoms with Crippen molar-refractivity contribution in [3.8, 4) is 11.1 Å². The van der Waals surface area contributed by atoms with Crippen molar-refractivity contribution in [1.82, 2.24) is 4.98 Å². The molecule has 25 heavy (non-hydrogen) atoms. The van der Waals surface area contributed by atoms with Crippen molar-refractivity contribution in [2.45, 2.75) is 56.6 Å². The van der Waals surface area contributed by atoms with Crippen LogP contribution < -0.4 is 5.32 Å². The zero-order valence-corrected chi connectivity index (χ0v) is 16.2. The van der Waals surface area contributed by atoms with E-state index in [9.17, 15) is 5.11 Å². The summed E-state index contributed by atoms with van der Waals surface area (Å²) in [4.78, 5) is 4.17. The molecule has 2 atom stereocenters. The first-order chi connectivity index (χ1) is 11.7. The van der Waals surface area contributed by atoms with Gasteiger partial charge in [-0.15, -0.1) is 0 Å². The zero-order valence-electron chi connectivity index (χ0n) is 14.7. The topological polar surface area (TPSA) is 45.2 Å². The van der Waals surface area contributed by atoms with Crippen LogP contribution in [0.3, 0.4) is 0 Å². The van der Waals surface area contributed by atoms with Gasteiger partial charge in [0.1, 0.15) is 5.15 Å². The summed E-state index contributed by atoms with van der Waals surface area (Å²) in [5, 5.41) is 16.2. The highest BCUT2D eigenvalue weighted by Crippen LogP contribution is 2.59. The summed E-state index contributed by atoms with van der Waals surface area (Å²) in [6.07, 6.45) is 4.40. The Morgan fingerprint density at radius 2 is 1.88 bits per heavy atom. The SMILES string of the molecule is CC1(C)Nc2cc(Cl)c(-c3cccnc3Cl)cc2C2(C)CCCC12O. The van der Waals surface area contributed by atoms with Crippen LogP contribution in [-0.2, 0) is 5.41 Å². The van der Waals surface area contributed by atoms with Crippen LogP contribution >= 0.6 is 23.2 Å². The maximum absolute atomic E-state index is 11.6. The summed E-state index contributed by atoms with van der Waals surface area (Å²) in [6.45, 7) is 6.31. The van der Waals surface area contributed by atoms with E-state index in [4.69, 9.17) is 23.2 Å². The normalized spacial score (nSPS) is 29.7. The first-order valence-electron chi connectivity index (χ1n) is 8.65. The lowest BCUT2D eigenvalue weighted by Crippen LogP contribution is -2.65. The summed E-state index contributed by atoms with van der Waals surface area (Å²) in [5.41, 5.74) is 2.20. The summed E-state index contributed by atoms with van der Waals surface area (Å²) in [7, 11) is 0. The number of nitrogens with zero attached hydrogens (tertiary/aromatic N) is 1. The number of fused-ring (bicyclic) bond motifs is 3. The van der Waals surface area contributed by atoms with E-state index in [1.54, 1.807) is 6.20 Å². The van der Waals surface area contributed by atoms with E-state index in [0.717, 1.165) is 41.6 Å². The Labute approximate surface area is 158 Å². The molecule has 1 aliphatic heterocycles. The van der Waals surface area contributed by atoms with Crippen molar-refractivity contribution in [1.29, 1.82) is 0 Å². The third-order valence-corrected chi connectivity index (χ3v) is 6.97. The molecule has 0 amide bonds. The van der Waals surface area contributed by atoms with Gasteiger partial charge in [0.15, 0.2) is 0 Å². The molecule has 0 spiro atoms. The smallest absolute Gasteiger partial charge is 0.136 e. The Morgan fingerprint density at radius 1 is 1.12 bits per heavy atom. The van der Waals surface area contributed by atoms with E-state index in [2.05, 4.69) is 37.1 Å². The lowest BCUT2D eigenvalue weighted by atomic mass is 9.60. The Bertz CT molecular complexity index is 867. The third kappa shape index (κ3) is 2.19. The third-order valence-electron chi connectivity index (χ3n) is 6.36. The quantitative estimate of drug-likeness (QED) is 0.651. The van der Waals surface area contributed by atoms with Crippen molar-refractivity contribution in [2.75, 3.05) is 5.32 Å². The second kappa shape index (κ2) is 5.35. The molecule has 4 rings (SSSR count).